The molecule has 1 aromatic carbocycles. The number of cyclic esters (lactones) is 2. The number of rotatable bonds is 10. The Labute approximate surface area is 196 Å². The molecule has 0 amide bonds. The van der Waals surface area contributed by atoms with Crippen LogP contribution < -0.4 is 15.4 Å². The van der Waals surface area contributed by atoms with Crippen molar-refractivity contribution >= 4 is 23.6 Å². The first-order valence-electron chi connectivity index (χ1n) is 10.7. The van der Waals surface area contributed by atoms with E-state index < -0.39 is 17.7 Å². The van der Waals surface area contributed by atoms with E-state index in [1.54, 1.807) is 31.3 Å². The van der Waals surface area contributed by atoms with E-state index in [2.05, 4.69) is 15.6 Å². The minimum atomic E-state index is -1.38. The van der Waals surface area contributed by atoms with Crippen LogP contribution in [0, 0.1) is 0 Å². The zero-order valence-electron chi connectivity index (χ0n) is 19.4. The normalized spacial score (nSPS) is 14.6. The number of nitrogens with zero attached hydrogens (tertiary/aromatic N) is 1. The number of oxazole rings is 1. The number of hydrogen-bond donors (Lipinski definition) is 2. The Balaban J connectivity index is 1.86. The van der Waals surface area contributed by atoms with Gasteiger partial charge in [-0.05, 0) is 25.5 Å². The van der Waals surface area contributed by atoms with E-state index >= 15 is 0 Å². The highest BCUT2D eigenvalue weighted by molar-refractivity contribution is 6.16. The zero-order valence-corrected chi connectivity index (χ0v) is 19.4. The summed E-state index contributed by atoms with van der Waals surface area (Å²) in [4.78, 5) is 40.8. The fourth-order valence-electron chi connectivity index (χ4n) is 3.20. The Morgan fingerprint density at radius 3 is 2.53 bits per heavy atom. The average Bonchev–Trinajstić information content (AvgIpc) is 3.30. The first-order valence-corrected chi connectivity index (χ1v) is 10.7. The number of carbonyl (C=O) groups excluding carboxylic acids is 3. The Morgan fingerprint density at radius 1 is 1.18 bits per heavy atom. The van der Waals surface area contributed by atoms with Crippen LogP contribution in [0.3, 0.4) is 0 Å². The molecule has 1 saturated heterocycles. The molecule has 0 radical (unpaired) electrons. The summed E-state index contributed by atoms with van der Waals surface area (Å²) in [5, 5.41) is 6.01. The summed E-state index contributed by atoms with van der Waals surface area (Å²) >= 11 is 0. The monoisotopic (exact) mass is 473 g/mol. The van der Waals surface area contributed by atoms with E-state index in [-0.39, 0.29) is 30.3 Å². The van der Waals surface area contributed by atoms with Gasteiger partial charge in [-0.15, -0.1) is 0 Å². The van der Waals surface area contributed by atoms with Gasteiger partial charge >= 0.3 is 17.9 Å². The van der Waals surface area contributed by atoms with E-state index in [4.69, 9.17) is 23.4 Å². The molecule has 0 saturated carbocycles. The van der Waals surface area contributed by atoms with Crippen LogP contribution >= 0.6 is 0 Å². The average molecular weight is 473 g/mol. The number of hydrogen-bond acceptors (Lipinski definition) is 11. The number of benzene rings is 1. The van der Waals surface area contributed by atoms with Gasteiger partial charge in [-0.3, -0.25) is 4.79 Å². The standard InChI is InChI=1S/C23H27N3O8/c1-5-31-18(27)7-6-10-25-20(19-21(28)33-23(2,3)34-22(19)29)26-14-8-9-15(16(11-14)30-4)17-12-24-13-32-17/h8-9,11-13,25-26H,5-7,10H2,1-4H3. The number of nitrogens with one attached hydrogen (secondary N) is 2. The number of methoxy groups -OCH3 is 1. The lowest BCUT2D eigenvalue weighted by atomic mass is 10.1. The van der Waals surface area contributed by atoms with E-state index in [1.807, 2.05) is 0 Å². The minimum Gasteiger partial charge on any atom is -0.496 e. The second kappa shape index (κ2) is 10.7. The van der Waals surface area contributed by atoms with Gasteiger partial charge in [0.05, 0.1) is 25.5 Å². The molecule has 182 valence electrons. The highest BCUT2D eigenvalue weighted by Crippen LogP contribution is 2.33. The van der Waals surface area contributed by atoms with Crippen LogP contribution in [0.4, 0.5) is 5.69 Å². The highest BCUT2D eigenvalue weighted by Gasteiger charge is 2.41. The third kappa shape index (κ3) is 6.06. The Morgan fingerprint density at radius 2 is 1.91 bits per heavy atom. The van der Waals surface area contributed by atoms with Crippen LogP contribution in [-0.2, 0) is 28.6 Å². The lowest BCUT2D eigenvalue weighted by Gasteiger charge is -2.31. The van der Waals surface area contributed by atoms with Crippen molar-refractivity contribution in [2.24, 2.45) is 0 Å². The molecule has 3 rings (SSSR count). The molecule has 1 fully saturated rings. The van der Waals surface area contributed by atoms with Crippen molar-refractivity contribution in [2.45, 2.75) is 39.4 Å². The molecule has 0 bridgehead atoms. The Kier molecular flexibility index (Phi) is 7.77. The molecule has 0 unspecified atom stereocenters. The van der Waals surface area contributed by atoms with Gasteiger partial charge in [0.1, 0.15) is 11.6 Å². The SMILES string of the molecule is CCOC(=O)CCCNC(Nc1ccc(-c2cnco2)c(OC)c1)=C1C(=O)OC(C)(C)OC1=O. The number of esters is 3. The maximum Gasteiger partial charge on any atom is 0.352 e. The van der Waals surface area contributed by atoms with Crippen LogP contribution in [0.15, 0.2) is 46.6 Å². The predicted octanol–water partition coefficient (Wildman–Crippen LogP) is 2.74. The van der Waals surface area contributed by atoms with Crippen molar-refractivity contribution in [1.29, 1.82) is 0 Å². The van der Waals surface area contributed by atoms with E-state index in [9.17, 15) is 14.4 Å². The summed E-state index contributed by atoms with van der Waals surface area (Å²) in [6, 6.07) is 5.12. The van der Waals surface area contributed by atoms with Crippen LogP contribution in [0.25, 0.3) is 11.3 Å². The molecular weight excluding hydrogens is 446 g/mol. The Hall–Kier alpha value is -4.02. The summed E-state index contributed by atoms with van der Waals surface area (Å²) in [7, 11) is 1.50. The van der Waals surface area contributed by atoms with Crippen LogP contribution in [0.5, 0.6) is 5.75 Å². The van der Waals surface area contributed by atoms with E-state index in [1.165, 1.54) is 27.4 Å². The molecule has 1 aliphatic rings. The van der Waals surface area contributed by atoms with Gasteiger partial charge in [0, 0.05) is 38.6 Å². The molecule has 1 aromatic heterocycles. The topological polar surface area (TPSA) is 138 Å². The summed E-state index contributed by atoms with van der Waals surface area (Å²) in [5.41, 5.74) is 0.847. The Bertz CT molecular complexity index is 1050. The quantitative estimate of drug-likeness (QED) is 0.228. The van der Waals surface area contributed by atoms with E-state index in [0.29, 0.717) is 35.8 Å². The third-order valence-electron chi connectivity index (χ3n) is 4.67. The van der Waals surface area contributed by atoms with Gasteiger partial charge in [0.15, 0.2) is 17.7 Å². The van der Waals surface area contributed by atoms with Crippen LogP contribution in [-0.4, -0.2) is 48.9 Å². The molecule has 2 heterocycles. The van der Waals surface area contributed by atoms with E-state index in [0.717, 1.165) is 0 Å². The number of aromatic nitrogens is 1. The maximum absolute atomic E-state index is 12.6. The van der Waals surface area contributed by atoms with Crippen LogP contribution in [0.2, 0.25) is 0 Å². The van der Waals surface area contributed by atoms with Crippen molar-refractivity contribution in [3.8, 4) is 17.1 Å². The summed E-state index contributed by atoms with van der Waals surface area (Å²) in [6.07, 6.45) is 3.44. The summed E-state index contributed by atoms with van der Waals surface area (Å²) < 4.78 is 26.2. The van der Waals surface area contributed by atoms with Crippen molar-refractivity contribution in [2.75, 3.05) is 25.6 Å². The number of ether oxygens (including phenoxy) is 4. The molecule has 11 nitrogen and oxygen atoms in total. The van der Waals surface area contributed by atoms with Crippen molar-refractivity contribution in [3.63, 3.8) is 0 Å². The minimum absolute atomic E-state index is 0.0730. The van der Waals surface area contributed by atoms with Crippen molar-refractivity contribution < 1.29 is 37.7 Å². The smallest absolute Gasteiger partial charge is 0.352 e. The van der Waals surface area contributed by atoms with Crippen LogP contribution in [0.1, 0.15) is 33.6 Å². The molecule has 0 atom stereocenters. The first-order chi connectivity index (χ1) is 16.2. The summed E-state index contributed by atoms with van der Waals surface area (Å²) in [5.74, 6) is -2.33. The molecule has 11 heteroatoms. The van der Waals surface area contributed by atoms with Gasteiger partial charge in [0.25, 0.3) is 5.79 Å². The molecule has 2 aromatic rings. The highest BCUT2D eigenvalue weighted by atomic mass is 16.7. The third-order valence-corrected chi connectivity index (χ3v) is 4.67. The molecule has 2 N–H and O–H groups in total. The second-order valence-corrected chi connectivity index (χ2v) is 7.67. The van der Waals surface area contributed by atoms with Gasteiger partial charge in [-0.1, -0.05) is 0 Å². The molecular formula is C23H27N3O8. The second-order valence-electron chi connectivity index (χ2n) is 7.67. The maximum atomic E-state index is 12.6. The number of carbonyl (C=O) groups is 3. The zero-order chi connectivity index (χ0) is 24.7. The van der Waals surface area contributed by atoms with Gasteiger partial charge in [-0.25, -0.2) is 14.6 Å². The lowest BCUT2D eigenvalue weighted by molar-refractivity contribution is -0.222. The molecule has 34 heavy (non-hydrogen) atoms. The lowest BCUT2D eigenvalue weighted by Crippen LogP contribution is -2.44. The van der Waals surface area contributed by atoms with Gasteiger partial charge in [-0.2, -0.15) is 0 Å². The first kappa shape index (κ1) is 24.6. The fourth-order valence-corrected chi connectivity index (χ4v) is 3.20. The molecule has 1 aliphatic heterocycles. The van der Waals surface area contributed by atoms with Crippen molar-refractivity contribution in [3.05, 3.63) is 42.2 Å². The van der Waals surface area contributed by atoms with Crippen molar-refractivity contribution in [1.82, 2.24) is 10.3 Å². The largest absolute Gasteiger partial charge is 0.496 e. The van der Waals surface area contributed by atoms with Gasteiger partial charge < -0.3 is 34.0 Å². The fraction of sp³-hybridized carbons (Fsp3) is 0.391. The number of anilines is 1. The molecule has 0 aliphatic carbocycles. The summed E-state index contributed by atoms with van der Waals surface area (Å²) in [6.45, 7) is 5.22. The molecule has 0 spiro atoms. The van der Waals surface area contributed by atoms with Gasteiger partial charge in [0.2, 0.25) is 0 Å². The predicted molar refractivity (Wildman–Crippen MR) is 119 cm³/mol.